The Morgan fingerprint density at radius 3 is 2.90 bits per heavy atom. The van der Waals surface area contributed by atoms with Crippen LogP contribution in [0.15, 0.2) is 22.7 Å². The van der Waals surface area contributed by atoms with Gasteiger partial charge < -0.3 is 0 Å². The predicted octanol–water partition coefficient (Wildman–Crippen LogP) is 0.919. The maximum absolute atomic E-state index is 10.4. The van der Waals surface area contributed by atoms with Gasteiger partial charge in [0, 0.05) is 0 Å². The standard InChI is InChI=1S/C7H7O2.Fe/c1-6(8)9-7-4-2-3-5-7;/h2-4,7H,1H3;. The van der Waals surface area contributed by atoms with Gasteiger partial charge in [0.05, 0.1) is 0 Å². The molecular weight excluding hydrogens is 172 g/mol. The number of ether oxygens (including phenoxy) is 1. The van der Waals surface area contributed by atoms with Crippen molar-refractivity contribution in [3.05, 3.63) is 22.7 Å². The summed E-state index contributed by atoms with van der Waals surface area (Å²) in [5.74, 6) is -0.272. The molecule has 0 aromatic heterocycles. The molecule has 0 aliphatic heterocycles. The van der Waals surface area contributed by atoms with Crippen molar-refractivity contribution in [1.82, 2.24) is 0 Å². The monoisotopic (exact) mass is 179 g/mol. The molecule has 3 heteroatoms. The average Bonchev–Trinajstić information content (AvgIpc) is 2.15. The van der Waals surface area contributed by atoms with Crippen LogP contribution < -0.4 is 0 Å². The van der Waals surface area contributed by atoms with Crippen LogP contribution >= 0.6 is 0 Å². The zero-order valence-corrected chi connectivity index (χ0v) is 6.58. The molecule has 0 radical (unpaired) electrons. The van der Waals surface area contributed by atoms with E-state index in [-0.39, 0.29) is 12.1 Å². The second-order valence-electron chi connectivity index (χ2n) is 1.95. The van der Waals surface area contributed by atoms with Gasteiger partial charge in [-0.15, -0.1) is 0 Å². The van der Waals surface area contributed by atoms with Crippen LogP contribution in [0.4, 0.5) is 0 Å². The fraction of sp³-hybridized carbons (Fsp3) is 0.286. The number of rotatable bonds is 1. The molecule has 1 aliphatic carbocycles. The van der Waals surface area contributed by atoms with Gasteiger partial charge in [-0.05, 0) is 0 Å². The molecule has 1 rings (SSSR count). The van der Waals surface area contributed by atoms with Gasteiger partial charge in [0.15, 0.2) is 0 Å². The van der Waals surface area contributed by atoms with Crippen LogP contribution in [0.5, 0.6) is 0 Å². The van der Waals surface area contributed by atoms with Crippen LogP contribution in [0.3, 0.4) is 0 Å². The predicted molar refractivity (Wildman–Crippen MR) is 32.8 cm³/mol. The summed E-state index contributed by atoms with van der Waals surface area (Å²) >= 11 is 3.69. The minimum absolute atomic E-state index is 0.225. The zero-order chi connectivity index (χ0) is 7.56. The fourth-order valence-corrected chi connectivity index (χ4v) is 0.981. The summed E-state index contributed by atoms with van der Waals surface area (Å²) in [5, 5.41) is 0. The Labute approximate surface area is 67.8 Å². The van der Waals surface area contributed by atoms with Crippen molar-refractivity contribution in [2.24, 2.45) is 0 Å². The van der Waals surface area contributed by atoms with Gasteiger partial charge in [-0.25, -0.2) is 0 Å². The topological polar surface area (TPSA) is 26.3 Å². The number of esters is 1. The Morgan fingerprint density at radius 1 is 1.80 bits per heavy atom. The number of allylic oxidation sites excluding steroid dienone is 2. The van der Waals surface area contributed by atoms with Crippen molar-refractivity contribution in [2.75, 3.05) is 0 Å². The number of hydrogen-bond donors (Lipinski definition) is 0. The first-order chi connectivity index (χ1) is 4.70. The first-order valence-electron chi connectivity index (χ1n) is 2.90. The normalized spacial score (nSPS) is 22.6. The molecule has 10 heavy (non-hydrogen) atoms. The first-order valence-corrected chi connectivity index (χ1v) is 3.45. The first kappa shape index (κ1) is 7.58. The molecule has 0 N–H and O–H groups in total. The van der Waals surface area contributed by atoms with E-state index in [9.17, 15) is 4.79 Å². The van der Waals surface area contributed by atoms with Crippen LogP contribution in [-0.4, -0.2) is 12.1 Å². The van der Waals surface area contributed by atoms with Crippen LogP contribution in [0.2, 0.25) is 0 Å². The van der Waals surface area contributed by atoms with E-state index in [1.807, 2.05) is 12.2 Å². The Hall–Kier alpha value is -0.531. The Kier molecular flexibility index (Phi) is 2.30. The van der Waals surface area contributed by atoms with Crippen molar-refractivity contribution in [3.8, 4) is 0 Å². The zero-order valence-electron chi connectivity index (χ0n) is 5.48. The molecule has 0 bridgehead atoms. The maximum atomic E-state index is 10.4. The fourth-order valence-electron chi connectivity index (χ4n) is 0.703. The Balaban J connectivity index is 2.51. The van der Waals surface area contributed by atoms with Crippen molar-refractivity contribution >= 4 is 5.97 Å². The van der Waals surface area contributed by atoms with Gasteiger partial charge in [-0.1, -0.05) is 0 Å². The number of hydrogen-bond acceptors (Lipinski definition) is 2. The van der Waals surface area contributed by atoms with E-state index in [0.717, 1.165) is 4.47 Å². The number of carbonyl (C=O) groups is 1. The van der Waals surface area contributed by atoms with Gasteiger partial charge in [-0.3, -0.25) is 0 Å². The minimum atomic E-state index is -0.272. The van der Waals surface area contributed by atoms with Crippen LogP contribution in [0.25, 0.3) is 0 Å². The molecule has 1 atom stereocenters. The van der Waals surface area contributed by atoms with E-state index in [1.54, 1.807) is 6.08 Å². The molecule has 0 aromatic rings. The second-order valence-corrected chi connectivity index (χ2v) is 2.59. The third-order valence-electron chi connectivity index (χ3n) is 1.10. The summed E-state index contributed by atoms with van der Waals surface area (Å²) < 4.78 is 5.70. The molecule has 0 aromatic carbocycles. The molecule has 0 saturated heterocycles. The van der Waals surface area contributed by atoms with E-state index < -0.39 is 0 Å². The molecule has 0 saturated carbocycles. The van der Waals surface area contributed by atoms with Crippen LogP contribution in [0.1, 0.15) is 6.92 Å². The molecule has 0 spiro atoms. The summed E-state index contributed by atoms with van der Waals surface area (Å²) in [7, 11) is 0. The van der Waals surface area contributed by atoms with Crippen molar-refractivity contribution in [2.45, 2.75) is 13.0 Å². The Morgan fingerprint density at radius 2 is 2.50 bits per heavy atom. The van der Waals surface area contributed by atoms with E-state index in [0.29, 0.717) is 0 Å². The molecule has 0 heterocycles. The third-order valence-corrected chi connectivity index (χ3v) is 1.59. The van der Waals surface area contributed by atoms with Crippen LogP contribution in [-0.2, 0) is 25.5 Å². The summed E-state index contributed by atoms with van der Waals surface area (Å²) in [5.41, 5.74) is 0. The number of carbonyl (C=O) groups excluding carboxylic acids is 1. The van der Waals surface area contributed by atoms with Gasteiger partial charge in [-0.2, -0.15) is 0 Å². The van der Waals surface area contributed by atoms with Gasteiger partial charge in [0.25, 0.3) is 0 Å². The van der Waals surface area contributed by atoms with Crippen molar-refractivity contribution in [3.63, 3.8) is 0 Å². The molecule has 2 nitrogen and oxygen atoms in total. The van der Waals surface area contributed by atoms with E-state index >= 15 is 0 Å². The van der Waals surface area contributed by atoms with Crippen molar-refractivity contribution in [1.29, 1.82) is 0 Å². The van der Waals surface area contributed by atoms with E-state index in [4.69, 9.17) is 4.74 Å². The average molecular weight is 179 g/mol. The third kappa shape index (κ3) is 1.72. The summed E-state index contributed by atoms with van der Waals surface area (Å²) in [6.45, 7) is 1.39. The quantitative estimate of drug-likeness (QED) is 0.441. The van der Waals surface area contributed by atoms with Gasteiger partial charge in [0.2, 0.25) is 0 Å². The molecule has 55 valence electrons. The van der Waals surface area contributed by atoms with Crippen LogP contribution in [0, 0.1) is 0 Å². The molecule has 1 aliphatic rings. The summed E-state index contributed by atoms with van der Waals surface area (Å²) in [4.78, 5) is 10.4. The van der Waals surface area contributed by atoms with Gasteiger partial charge in [0.1, 0.15) is 0 Å². The van der Waals surface area contributed by atoms with Gasteiger partial charge >= 0.3 is 67.2 Å². The Bertz CT molecular complexity index is 206. The molecule has 0 fully saturated rings. The van der Waals surface area contributed by atoms with E-state index in [1.165, 1.54) is 6.92 Å². The second kappa shape index (κ2) is 3.04. The molecular formula is C7H7FeO2. The van der Waals surface area contributed by atoms with E-state index in [2.05, 4.69) is 16.0 Å². The SMILES string of the molecule is CC(=O)OC1C=CC=[C]1[Fe]. The van der Waals surface area contributed by atoms with Crippen molar-refractivity contribution < 1.29 is 25.5 Å². The summed E-state index contributed by atoms with van der Waals surface area (Å²) in [6.07, 6.45) is 5.23. The molecule has 0 amide bonds. The molecule has 1 unspecified atom stereocenters. The summed E-state index contributed by atoms with van der Waals surface area (Å²) in [6, 6.07) is 0.